The highest BCUT2D eigenvalue weighted by molar-refractivity contribution is 5.87. The molecule has 8 nitrogen and oxygen atoms in total. The van der Waals surface area contributed by atoms with Crippen LogP contribution in [0.2, 0.25) is 0 Å². The molecule has 4 rings (SSSR count). The highest BCUT2D eigenvalue weighted by Gasteiger charge is 2.28. The van der Waals surface area contributed by atoms with Gasteiger partial charge in [0.1, 0.15) is 17.1 Å². The van der Waals surface area contributed by atoms with E-state index in [2.05, 4.69) is 4.90 Å². The standard InChI is InChI=1S/C27H31NO7/c1-5-34-27(31)18-7-6-12-28(14-18)15-20-21(29)10-9-19-25(30)24(16(2)35-26(19)20)17-8-11-22(32-3)23(13-17)33-4/h8-11,13,18,29H,5-7,12,14-15H2,1-4H3. The number of carbonyl (C=O) groups excluding carboxylic acids is 1. The van der Waals surface area contributed by atoms with Gasteiger partial charge in [0.05, 0.1) is 43.3 Å². The number of fused-ring (bicyclic) bond motifs is 1. The fourth-order valence-electron chi connectivity index (χ4n) is 4.77. The second kappa shape index (κ2) is 10.4. The van der Waals surface area contributed by atoms with Crippen molar-refractivity contribution in [2.75, 3.05) is 33.9 Å². The Balaban J connectivity index is 1.73. The number of hydrogen-bond donors (Lipinski definition) is 1. The highest BCUT2D eigenvalue weighted by Crippen LogP contribution is 2.35. The summed E-state index contributed by atoms with van der Waals surface area (Å²) in [5, 5.41) is 11.1. The molecule has 2 aromatic carbocycles. The Morgan fingerprint density at radius 3 is 2.66 bits per heavy atom. The van der Waals surface area contributed by atoms with Crippen LogP contribution in [0.15, 0.2) is 39.5 Å². The summed E-state index contributed by atoms with van der Waals surface area (Å²) in [5.41, 5.74) is 1.77. The van der Waals surface area contributed by atoms with E-state index in [4.69, 9.17) is 18.6 Å². The topological polar surface area (TPSA) is 98.4 Å². The molecule has 8 heteroatoms. The van der Waals surface area contributed by atoms with E-state index in [0.29, 0.717) is 64.6 Å². The SMILES string of the molecule is CCOC(=O)C1CCCN(Cc2c(O)ccc3c(=O)c(-c4ccc(OC)c(OC)c4)c(C)oc23)C1. The molecule has 0 radical (unpaired) electrons. The van der Waals surface area contributed by atoms with Crippen LogP contribution in [0, 0.1) is 12.8 Å². The molecule has 2 heterocycles. The van der Waals surface area contributed by atoms with E-state index in [1.165, 1.54) is 6.07 Å². The third-order valence-corrected chi connectivity index (χ3v) is 6.49. The lowest BCUT2D eigenvalue weighted by Gasteiger charge is -2.31. The molecular weight excluding hydrogens is 450 g/mol. The maximum absolute atomic E-state index is 13.6. The van der Waals surface area contributed by atoms with Gasteiger partial charge in [-0.2, -0.15) is 0 Å². The molecule has 0 spiro atoms. The predicted molar refractivity (Wildman–Crippen MR) is 132 cm³/mol. The molecule has 1 saturated heterocycles. The smallest absolute Gasteiger partial charge is 0.310 e. The Morgan fingerprint density at radius 1 is 1.17 bits per heavy atom. The van der Waals surface area contributed by atoms with E-state index in [1.807, 2.05) is 0 Å². The summed E-state index contributed by atoms with van der Waals surface area (Å²) in [5.74, 6) is 1.17. The lowest BCUT2D eigenvalue weighted by atomic mass is 9.97. The summed E-state index contributed by atoms with van der Waals surface area (Å²) in [6.45, 7) is 5.55. The van der Waals surface area contributed by atoms with Gasteiger partial charge in [0.2, 0.25) is 5.43 Å². The van der Waals surface area contributed by atoms with Crippen LogP contribution in [0.5, 0.6) is 17.2 Å². The van der Waals surface area contributed by atoms with Gasteiger partial charge in [0.25, 0.3) is 0 Å². The van der Waals surface area contributed by atoms with Gasteiger partial charge in [-0.3, -0.25) is 14.5 Å². The van der Waals surface area contributed by atoms with Gasteiger partial charge in [0.15, 0.2) is 11.5 Å². The van der Waals surface area contributed by atoms with E-state index in [9.17, 15) is 14.7 Å². The zero-order chi connectivity index (χ0) is 25.1. The van der Waals surface area contributed by atoms with Crippen LogP contribution in [0.4, 0.5) is 0 Å². The van der Waals surface area contributed by atoms with Crippen molar-refractivity contribution >= 4 is 16.9 Å². The number of likely N-dealkylation sites (tertiary alicyclic amines) is 1. The Kier molecular flexibility index (Phi) is 7.31. The molecule has 0 amide bonds. The molecule has 1 N–H and O–H groups in total. The first-order valence-electron chi connectivity index (χ1n) is 11.8. The molecule has 0 bridgehead atoms. The van der Waals surface area contributed by atoms with Gasteiger partial charge in [-0.1, -0.05) is 6.07 Å². The van der Waals surface area contributed by atoms with E-state index >= 15 is 0 Å². The number of nitrogens with zero attached hydrogens (tertiary/aromatic N) is 1. The van der Waals surface area contributed by atoms with Gasteiger partial charge in [0, 0.05) is 13.1 Å². The lowest BCUT2D eigenvalue weighted by Crippen LogP contribution is -2.39. The van der Waals surface area contributed by atoms with Crippen LogP contribution in [0.1, 0.15) is 31.1 Å². The van der Waals surface area contributed by atoms with Crippen LogP contribution in [0.3, 0.4) is 0 Å². The van der Waals surface area contributed by atoms with E-state index in [0.717, 1.165) is 19.4 Å². The fraction of sp³-hybridized carbons (Fsp3) is 0.407. The normalized spacial score (nSPS) is 16.3. The third-order valence-electron chi connectivity index (χ3n) is 6.49. The number of benzene rings is 2. The van der Waals surface area contributed by atoms with Crippen molar-refractivity contribution in [1.82, 2.24) is 4.90 Å². The number of esters is 1. The van der Waals surface area contributed by atoms with Crippen molar-refractivity contribution in [3.8, 4) is 28.4 Å². The highest BCUT2D eigenvalue weighted by atomic mass is 16.5. The number of ether oxygens (including phenoxy) is 3. The number of hydrogen-bond acceptors (Lipinski definition) is 8. The Morgan fingerprint density at radius 2 is 1.94 bits per heavy atom. The monoisotopic (exact) mass is 481 g/mol. The molecule has 1 unspecified atom stereocenters. The van der Waals surface area contributed by atoms with Crippen LogP contribution in [-0.2, 0) is 16.1 Å². The lowest BCUT2D eigenvalue weighted by molar-refractivity contribution is -0.150. The number of aryl methyl sites for hydroxylation is 1. The maximum atomic E-state index is 13.6. The predicted octanol–water partition coefficient (Wildman–Crippen LogP) is 4.27. The summed E-state index contributed by atoms with van der Waals surface area (Å²) < 4.78 is 22.1. The summed E-state index contributed by atoms with van der Waals surface area (Å²) in [6.07, 6.45) is 1.63. The Labute approximate surface area is 204 Å². The number of rotatable bonds is 7. The minimum Gasteiger partial charge on any atom is -0.507 e. The van der Waals surface area contributed by atoms with Crippen molar-refractivity contribution in [2.45, 2.75) is 33.2 Å². The first-order valence-corrected chi connectivity index (χ1v) is 11.8. The summed E-state index contributed by atoms with van der Waals surface area (Å²) in [6, 6.07) is 8.39. The number of carbonyl (C=O) groups is 1. The van der Waals surface area contributed by atoms with Gasteiger partial charge >= 0.3 is 5.97 Å². The summed E-state index contributed by atoms with van der Waals surface area (Å²) in [4.78, 5) is 27.9. The molecule has 0 saturated carbocycles. The number of methoxy groups -OCH3 is 2. The zero-order valence-electron chi connectivity index (χ0n) is 20.6. The molecule has 1 atom stereocenters. The van der Waals surface area contributed by atoms with Crippen molar-refractivity contribution < 1.29 is 28.5 Å². The summed E-state index contributed by atoms with van der Waals surface area (Å²) >= 11 is 0. The van der Waals surface area contributed by atoms with E-state index < -0.39 is 0 Å². The number of phenols is 1. The number of piperidine rings is 1. The second-order valence-corrected chi connectivity index (χ2v) is 8.70. The fourth-order valence-corrected chi connectivity index (χ4v) is 4.77. The minimum atomic E-state index is -0.203. The average Bonchev–Trinajstić information content (AvgIpc) is 2.86. The van der Waals surface area contributed by atoms with Crippen molar-refractivity contribution in [1.29, 1.82) is 0 Å². The molecule has 1 aliphatic rings. The molecule has 1 aliphatic heterocycles. The minimum absolute atomic E-state index is 0.0529. The largest absolute Gasteiger partial charge is 0.507 e. The van der Waals surface area contributed by atoms with Crippen LogP contribution >= 0.6 is 0 Å². The van der Waals surface area contributed by atoms with Crippen molar-refractivity contribution in [3.63, 3.8) is 0 Å². The average molecular weight is 482 g/mol. The zero-order valence-corrected chi connectivity index (χ0v) is 20.6. The van der Waals surface area contributed by atoms with Crippen LogP contribution in [0.25, 0.3) is 22.1 Å². The van der Waals surface area contributed by atoms with Gasteiger partial charge < -0.3 is 23.7 Å². The molecule has 35 heavy (non-hydrogen) atoms. The van der Waals surface area contributed by atoms with E-state index in [1.54, 1.807) is 52.3 Å². The van der Waals surface area contributed by atoms with Crippen LogP contribution < -0.4 is 14.9 Å². The molecule has 1 aromatic heterocycles. The Bertz CT molecular complexity index is 1300. The third kappa shape index (κ3) is 4.84. The van der Waals surface area contributed by atoms with Gasteiger partial charge in [-0.05, 0) is 63.1 Å². The molecular formula is C27H31NO7. The molecule has 0 aliphatic carbocycles. The van der Waals surface area contributed by atoms with Crippen molar-refractivity contribution in [3.05, 3.63) is 51.9 Å². The first kappa shape index (κ1) is 24.6. The quantitative estimate of drug-likeness (QED) is 0.500. The Hall–Kier alpha value is -3.52. The number of phenolic OH excluding ortho intramolecular Hbond substituents is 1. The maximum Gasteiger partial charge on any atom is 0.310 e. The summed E-state index contributed by atoms with van der Waals surface area (Å²) in [7, 11) is 3.10. The van der Waals surface area contributed by atoms with Crippen molar-refractivity contribution in [2.24, 2.45) is 5.92 Å². The van der Waals surface area contributed by atoms with Gasteiger partial charge in [-0.25, -0.2) is 0 Å². The van der Waals surface area contributed by atoms with Gasteiger partial charge in [-0.15, -0.1) is 0 Å². The molecule has 3 aromatic rings. The first-order chi connectivity index (χ1) is 16.9. The molecule has 186 valence electrons. The molecule has 1 fully saturated rings. The van der Waals surface area contributed by atoms with E-state index in [-0.39, 0.29) is 23.1 Å². The van der Waals surface area contributed by atoms with Crippen LogP contribution in [-0.4, -0.2) is 49.9 Å². The number of aromatic hydroxyl groups is 1. The second-order valence-electron chi connectivity index (χ2n) is 8.70.